The smallest absolute Gasteiger partial charge is 0.243 e. The molecule has 4 nitrogen and oxygen atoms in total. The van der Waals surface area contributed by atoms with Gasteiger partial charge in [0, 0.05) is 18.8 Å². The number of nitrogens with zero attached hydrogens (tertiary/aromatic N) is 1. The molecule has 1 aromatic carbocycles. The van der Waals surface area contributed by atoms with E-state index in [4.69, 9.17) is 5.73 Å². The number of sulfonamides is 1. The summed E-state index contributed by atoms with van der Waals surface area (Å²) >= 11 is 0. The molecule has 0 spiro atoms. The summed E-state index contributed by atoms with van der Waals surface area (Å²) in [5.74, 6) is 0. The highest BCUT2D eigenvalue weighted by Crippen LogP contribution is 2.21. The van der Waals surface area contributed by atoms with E-state index in [-0.39, 0.29) is 6.04 Å². The Morgan fingerprint density at radius 2 is 2.00 bits per heavy atom. The summed E-state index contributed by atoms with van der Waals surface area (Å²) in [6, 6.07) is 4.78. The molecular weight excluding hydrogens is 236 g/mol. The first-order chi connectivity index (χ1) is 7.80. The van der Waals surface area contributed by atoms with Gasteiger partial charge in [-0.3, -0.25) is 0 Å². The van der Waals surface area contributed by atoms with Gasteiger partial charge < -0.3 is 5.73 Å². The number of nitrogens with two attached hydrogens (primary N) is 1. The van der Waals surface area contributed by atoms with E-state index in [1.165, 1.54) is 4.31 Å². The molecule has 0 radical (unpaired) electrons. The first-order valence-corrected chi connectivity index (χ1v) is 7.08. The minimum atomic E-state index is -3.41. The molecule has 1 atom stereocenters. The highest BCUT2D eigenvalue weighted by atomic mass is 32.2. The minimum Gasteiger partial charge on any atom is -0.399 e. The van der Waals surface area contributed by atoms with Crippen LogP contribution in [-0.2, 0) is 10.0 Å². The van der Waals surface area contributed by atoms with Crippen LogP contribution in [0.5, 0.6) is 0 Å². The van der Waals surface area contributed by atoms with E-state index in [0.29, 0.717) is 10.6 Å². The van der Waals surface area contributed by atoms with Crippen molar-refractivity contribution in [2.24, 2.45) is 0 Å². The van der Waals surface area contributed by atoms with Crippen molar-refractivity contribution in [2.75, 3.05) is 12.8 Å². The Morgan fingerprint density at radius 3 is 2.47 bits per heavy atom. The molecule has 0 saturated heterocycles. The molecule has 1 rings (SSSR count). The summed E-state index contributed by atoms with van der Waals surface area (Å²) in [7, 11) is -1.81. The molecule has 0 heterocycles. The van der Waals surface area contributed by atoms with Crippen LogP contribution in [-0.4, -0.2) is 25.8 Å². The van der Waals surface area contributed by atoms with Gasteiger partial charge in [-0.05, 0) is 44.0 Å². The standard InChI is InChI=1S/C12H20N2O2S/c1-5-10(3)14(4)17(15,16)11-6-7-12(13)9(2)8-11/h6-8,10H,5,13H2,1-4H3. The van der Waals surface area contributed by atoms with E-state index in [0.717, 1.165) is 12.0 Å². The lowest BCUT2D eigenvalue weighted by molar-refractivity contribution is 0.380. The third-order valence-electron chi connectivity index (χ3n) is 3.13. The number of hydrogen-bond donors (Lipinski definition) is 1. The SMILES string of the molecule is CCC(C)N(C)S(=O)(=O)c1ccc(N)c(C)c1. The van der Waals surface area contributed by atoms with E-state index in [9.17, 15) is 8.42 Å². The van der Waals surface area contributed by atoms with Crippen LogP contribution in [0.2, 0.25) is 0 Å². The molecule has 0 saturated carbocycles. The Hall–Kier alpha value is -1.07. The van der Waals surface area contributed by atoms with Crippen LogP contribution in [0.1, 0.15) is 25.8 Å². The van der Waals surface area contributed by atoms with E-state index < -0.39 is 10.0 Å². The molecule has 96 valence electrons. The number of rotatable bonds is 4. The maximum atomic E-state index is 12.3. The van der Waals surface area contributed by atoms with Crippen molar-refractivity contribution in [3.8, 4) is 0 Å². The lowest BCUT2D eigenvalue weighted by Crippen LogP contribution is -2.34. The molecule has 0 fully saturated rings. The Balaban J connectivity index is 3.17. The van der Waals surface area contributed by atoms with Gasteiger partial charge in [-0.1, -0.05) is 6.92 Å². The molecule has 5 heteroatoms. The number of aryl methyl sites for hydroxylation is 1. The van der Waals surface area contributed by atoms with E-state index in [1.54, 1.807) is 32.2 Å². The first-order valence-electron chi connectivity index (χ1n) is 5.64. The third-order valence-corrected chi connectivity index (χ3v) is 5.10. The van der Waals surface area contributed by atoms with Crippen molar-refractivity contribution in [1.82, 2.24) is 4.31 Å². The van der Waals surface area contributed by atoms with Crippen LogP contribution in [0.15, 0.2) is 23.1 Å². The lowest BCUT2D eigenvalue weighted by Gasteiger charge is -2.23. The summed E-state index contributed by atoms with van der Waals surface area (Å²) in [5, 5.41) is 0. The Kier molecular flexibility index (Phi) is 4.16. The molecule has 1 unspecified atom stereocenters. The zero-order valence-electron chi connectivity index (χ0n) is 10.8. The highest BCUT2D eigenvalue weighted by molar-refractivity contribution is 7.89. The number of nitrogen functional groups attached to an aromatic ring is 1. The van der Waals surface area contributed by atoms with Crippen molar-refractivity contribution in [3.63, 3.8) is 0 Å². The predicted octanol–water partition coefficient (Wildman–Crippen LogP) is 2.00. The topological polar surface area (TPSA) is 63.4 Å². The number of anilines is 1. The second-order valence-electron chi connectivity index (χ2n) is 4.30. The van der Waals surface area contributed by atoms with Crippen LogP contribution in [0.25, 0.3) is 0 Å². The van der Waals surface area contributed by atoms with Crippen molar-refractivity contribution in [3.05, 3.63) is 23.8 Å². The summed E-state index contributed by atoms with van der Waals surface area (Å²) in [4.78, 5) is 0.298. The second-order valence-corrected chi connectivity index (χ2v) is 6.29. The van der Waals surface area contributed by atoms with Gasteiger partial charge in [0.2, 0.25) is 10.0 Å². The highest BCUT2D eigenvalue weighted by Gasteiger charge is 2.24. The fourth-order valence-corrected chi connectivity index (χ4v) is 2.99. The van der Waals surface area contributed by atoms with E-state index >= 15 is 0 Å². The van der Waals surface area contributed by atoms with Crippen molar-refractivity contribution in [2.45, 2.75) is 38.1 Å². The molecule has 0 aliphatic carbocycles. The zero-order valence-corrected chi connectivity index (χ0v) is 11.6. The van der Waals surface area contributed by atoms with Crippen LogP contribution in [0.3, 0.4) is 0 Å². The summed E-state index contributed by atoms with van der Waals surface area (Å²) in [5.41, 5.74) is 7.07. The largest absolute Gasteiger partial charge is 0.399 e. The monoisotopic (exact) mass is 256 g/mol. The van der Waals surface area contributed by atoms with Crippen molar-refractivity contribution < 1.29 is 8.42 Å². The third kappa shape index (κ3) is 2.79. The first kappa shape index (κ1) is 14.0. The van der Waals surface area contributed by atoms with Gasteiger partial charge in [-0.15, -0.1) is 0 Å². The summed E-state index contributed by atoms with van der Waals surface area (Å²) < 4.78 is 26.0. The zero-order chi connectivity index (χ0) is 13.2. The average molecular weight is 256 g/mol. The van der Waals surface area contributed by atoms with Crippen LogP contribution in [0.4, 0.5) is 5.69 Å². The quantitative estimate of drug-likeness (QED) is 0.838. The van der Waals surface area contributed by atoms with Gasteiger partial charge in [0.25, 0.3) is 0 Å². The number of benzene rings is 1. The Morgan fingerprint density at radius 1 is 1.41 bits per heavy atom. The average Bonchev–Trinajstić information content (AvgIpc) is 2.30. The van der Waals surface area contributed by atoms with Crippen LogP contribution >= 0.6 is 0 Å². The van der Waals surface area contributed by atoms with E-state index in [2.05, 4.69) is 0 Å². The molecule has 0 aliphatic heterocycles. The number of hydrogen-bond acceptors (Lipinski definition) is 3. The molecule has 0 aromatic heterocycles. The van der Waals surface area contributed by atoms with Crippen LogP contribution < -0.4 is 5.73 Å². The van der Waals surface area contributed by atoms with Crippen molar-refractivity contribution >= 4 is 15.7 Å². The fourth-order valence-electron chi connectivity index (χ4n) is 1.47. The Bertz CT molecular complexity index is 497. The van der Waals surface area contributed by atoms with E-state index in [1.807, 2.05) is 13.8 Å². The van der Waals surface area contributed by atoms with Crippen molar-refractivity contribution in [1.29, 1.82) is 0 Å². The molecule has 0 aliphatic rings. The van der Waals surface area contributed by atoms with Gasteiger partial charge in [0.05, 0.1) is 4.90 Å². The normalized spacial score (nSPS) is 13.9. The molecular formula is C12H20N2O2S. The second kappa shape index (κ2) is 5.06. The van der Waals surface area contributed by atoms with Gasteiger partial charge in [-0.2, -0.15) is 4.31 Å². The van der Waals surface area contributed by atoms with Gasteiger partial charge in [-0.25, -0.2) is 8.42 Å². The Labute approximate surface area is 103 Å². The summed E-state index contributed by atoms with van der Waals surface area (Å²) in [6.07, 6.45) is 0.781. The minimum absolute atomic E-state index is 0.0159. The molecule has 2 N–H and O–H groups in total. The molecule has 17 heavy (non-hydrogen) atoms. The van der Waals surface area contributed by atoms with Gasteiger partial charge >= 0.3 is 0 Å². The molecule has 0 amide bonds. The molecule has 1 aromatic rings. The maximum absolute atomic E-state index is 12.3. The van der Waals surface area contributed by atoms with Crippen LogP contribution in [0, 0.1) is 6.92 Å². The fraction of sp³-hybridized carbons (Fsp3) is 0.500. The predicted molar refractivity (Wildman–Crippen MR) is 70.3 cm³/mol. The lowest BCUT2D eigenvalue weighted by atomic mass is 10.2. The van der Waals surface area contributed by atoms with Gasteiger partial charge in [0.15, 0.2) is 0 Å². The van der Waals surface area contributed by atoms with Gasteiger partial charge in [0.1, 0.15) is 0 Å². The summed E-state index contributed by atoms with van der Waals surface area (Å²) in [6.45, 7) is 5.66. The maximum Gasteiger partial charge on any atom is 0.243 e. The molecule has 0 bridgehead atoms.